The van der Waals surface area contributed by atoms with Crippen molar-refractivity contribution in [3.05, 3.63) is 0 Å². The monoisotopic (exact) mass is 138 g/mol. The van der Waals surface area contributed by atoms with Gasteiger partial charge in [0.1, 0.15) is 5.78 Å². The molecule has 10 heavy (non-hydrogen) atoms. The first-order valence-corrected chi connectivity index (χ1v) is 4.15. The van der Waals surface area contributed by atoms with E-state index in [9.17, 15) is 4.79 Å². The molecule has 0 heterocycles. The van der Waals surface area contributed by atoms with Crippen LogP contribution in [0.25, 0.3) is 0 Å². The minimum atomic E-state index is 0.411. The van der Waals surface area contributed by atoms with E-state index in [0.717, 1.165) is 5.92 Å². The molecule has 0 aromatic rings. The molecule has 2 unspecified atom stereocenters. The van der Waals surface area contributed by atoms with E-state index in [2.05, 4.69) is 6.92 Å². The quantitative estimate of drug-likeness (QED) is 0.570. The summed E-state index contributed by atoms with van der Waals surface area (Å²) in [6.45, 7) is 4.01. The van der Waals surface area contributed by atoms with Crippen molar-refractivity contribution in [1.82, 2.24) is 0 Å². The Hall–Kier alpha value is -0.330. The largest absolute Gasteiger partial charge is 0.300 e. The van der Waals surface area contributed by atoms with Crippen molar-refractivity contribution < 1.29 is 4.79 Å². The van der Waals surface area contributed by atoms with E-state index in [4.69, 9.17) is 0 Å². The first kappa shape index (κ1) is 6.38. The van der Waals surface area contributed by atoms with Crippen LogP contribution in [0.4, 0.5) is 0 Å². The molecule has 0 bridgehead atoms. The van der Waals surface area contributed by atoms with Gasteiger partial charge >= 0.3 is 0 Å². The number of ketones is 1. The predicted octanol–water partition coefficient (Wildman–Crippen LogP) is 2.01. The van der Waals surface area contributed by atoms with E-state index < -0.39 is 0 Å². The Balaban J connectivity index is 2.02. The van der Waals surface area contributed by atoms with E-state index in [-0.39, 0.29) is 0 Å². The number of rotatable bonds is 2. The van der Waals surface area contributed by atoms with E-state index >= 15 is 0 Å². The van der Waals surface area contributed by atoms with Gasteiger partial charge in [-0.3, -0.25) is 4.79 Å². The third kappa shape index (κ3) is 0.727. The summed E-state index contributed by atoms with van der Waals surface area (Å²) in [5.74, 6) is 1.75. The Labute approximate surface area is 61.8 Å². The third-order valence-corrected chi connectivity index (χ3v) is 3.28. The van der Waals surface area contributed by atoms with Crippen LogP contribution in [0.3, 0.4) is 0 Å². The number of carbonyl (C=O) groups is 1. The average molecular weight is 138 g/mol. The molecule has 2 saturated carbocycles. The van der Waals surface area contributed by atoms with Gasteiger partial charge < -0.3 is 0 Å². The fourth-order valence-corrected chi connectivity index (χ4v) is 2.18. The summed E-state index contributed by atoms with van der Waals surface area (Å²) < 4.78 is 0. The molecular weight excluding hydrogens is 124 g/mol. The molecule has 0 radical (unpaired) electrons. The van der Waals surface area contributed by atoms with Gasteiger partial charge in [0.05, 0.1) is 0 Å². The van der Waals surface area contributed by atoms with Crippen LogP contribution in [-0.2, 0) is 4.79 Å². The van der Waals surface area contributed by atoms with E-state index in [0.29, 0.717) is 17.1 Å². The molecule has 2 aliphatic carbocycles. The number of carbonyl (C=O) groups excluding carboxylic acids is 1. The molecule has 1 heteroatoms. The molecule has 0 aromatic carbocycles. The highest BCUT2D eigenvalue weighted by Gasteiger charge is 2.60. The standard InChI is InChI=1S/C9H14O/c1-6(10)8-5-9(8,2)7-3-4-7/h7-8H,3-5H2,1-2H3. The van der Waals surface area contributed by atoms with Crippen molar-refractivity contribution >= 4 is 5.78 Å². The summed E-state index contributed by atoms with van der Waals surface area (Å²) in [4.78, 5) is 11.0. The summed E-state index contributed by atoms with van der Waals surface area (Å²) in [6.07, 6.45) is 3.92. The molecule has 2 aliphatic rings. The van der Waals surface area contributed by atoms with Gasteiger partial charge in [0.25, 0.3) is 0 Å². The van der Waals surface area contributed by atoms with Crippen LogP contribution < -0.4 is 0 Å². The molecule has 0 spiro atoms. The second-order valence-electron chi connectivity index (χ2n) is 4.15. The highest BCUT2D eigenvalue weighted by atomic mass is 16.1. The normalized spacial score (nSPS) is 45.2. The lowest BCUT2D eigenvalue weighted by Crippen LogP contribution is -2.06. The van der Waals surface area contributed by atoms with Crippen LogP contribution in [-0.4, -0.2) is 5.78 Å². The lowest BCUT2D eigenvalue weighted by molar-refractivity contribution is -0.119. The Bertz CT molecular complexity index is 181. The van der Waals surface area contributed by atoms with E-state index in [1.807, 2.05) is 0 Å². The van der Waals surface area contributed by atoms with Gasteiger partial charge in [-0.2, -0.15) is 0 Å². The highest BCUT2D eigenvalue weighted by Crippen LogP contribution is 2.65. The van der Waals surface area contributed by atoms with E-state index in [1.54, 1.807) is 6.92 Å². The van der Waals surface area contributed by atoms with Gasteiger partial charge in [0.15, 0.2) is 0 Å². The van der Waals surface area contributed by atoms with Crippen LogP contribution in [0.15, 0.2) is 0 Å². The van der Waals surface area contributed by atoms with Gasteiger partial charge in [-0.05, 0) is 37.5 Å². The fraction of sp³-hybridized carbons (Fsp3) is 0.889. The highest BCUT2D eigenvalue weighted by molar-refractivity contribution is 5.82. The van der Waals surface area contributed by atoms with Crippen molar-refractivity contribution in [2.24, 2.45) is 17.3 Å². The minimum absolute atomic E-state index is 0.411. The lowest BCUT2D eigenvalue weighted by atomic mass is 9.99. The molecular formula is C9H14O. The molecule has 0 amide bonds. The summed E-state index contributed by atoms with van der Waals surface area (Å²) in [5.41, 5.74) is 0.450. The number of hydrogen-bond acceptors (Lipinski definition) is 1. The summed E-state index contributed by atoms with van der Waals surface area (Å²) in [6, 6.07) is 0. The number of hydrogen-bond donors (Lipinski definition) is 0. The molecule has 2 atom stereocenters. The zero-order chi connectivity index (χ0) is 7.35. The molecule has 56 valence electrons. The Morgan fingerprint density at radius 3 is 2.40 bits per heavy atom. The maximum atomic E-state index is 11.0. The summed E-state index contributed by atoms with van der Waals surface area (Å²) >= 11 is 0. The smallest absolute Gasteiger partial charge is 0.133 e. The Morgan fingerprint density at radius 2 is 2.10 bits per heavy atom. The van der Waals surface area contributed by atoms with Gasteiger partial charge in [-0.25, -0.2) is 0 Å². The van der Waals surface area contributed by atoms with E-state index in [1.165, 1.54) is 19.3 Å². The van der Waals surface area contributed by atoms with Crippen LogP contribution in [0, 0.1) is 17.3 Å². The Morgan fingerprint density at radius 1 is 1.50 bits per heavy atom. The van der Waals surface area contributed by atoms with Gasteiger partial charge in [0, 0.05) is 5.92 Å². The van der Waals surface area contributed by atoms with Crippen molar-refractivity contribution in [2.75, 3.05) is 0 Å². The van der Waals surface area contributed by atoms with Gasteiger partial charge in [0.2, 0.25) is 0 Å². The van der Waals surface area contributed by atoms with Crippen LogP contribution in [0.5, 0.6) is 0 Å². The van der Waals surface area contributed by atoms with Crippen LogP contribution in [0.1, 0.15) is 33.1 Å². The van der Waals surface area contributed by atoms with Crippen molar-refractivity contribution in [2.45, 2.75) is 33.1 Å². The van der Waals surface area contributed by atoms with Crippen molar-refractivity contribution in [1.29, 1.82) is 0 Å². The molecule has 0 aromatic heterocycles. The SMILES string of the molecule is CC(=O)C1CC1(C)C1CC1. The molecule has 0 aliphatic heterocycles. The maximum absolute atomic E-state index is 11.0. The maximum Gasteiger partial charge on any atom is 0.133 e. The number of Topliss-reactive ketones (excluding diaryl/α,β-unsaturated/α-hetero) is 1. The Kier molecular flexibility index (Phi) is 1.04. The van der Waals surface area contributed by atoms with Crippen LogP contribution in [0.2, 0.25) is 0 Å². The van der Waals surface area contributed by atoms with Crippen LogP contribution >= 0.6 is 0 Å². The second kappa shape index (κ2) is 1.63. The molecule has 0 saturated heterocycles. The molecule has 2 fully saturated rings. The molecule has 2 rings (SSSR count). The zero-order valence-corrected chi connectivity index (χ0v) is 6.68. The van der Waals surface area contributed by atoms with Gasteiger partial charge in [-0.1, -0.05) is 6.92 Å². The first-order chi connectivity index (χ1) is 4.64. The van der Waals surface area contributed by atoms with Crippen molar-refractivity contribution in [3.8, 4) is 0 Å². The minimum Gasteiger partial charge on any atom is -0.300 e. The third-order valence-electron chi connectivity index (χ3n) is 3.28. The lowest BCUT2D eigenvalue weighted by Gasteiger charge is -2.05. The molecule has 0 N–H and O–H groups in total. The summed E-state index contributed by atoms with van der Waals surface area (Å²) in [5, 5.41) is 0. The van der Waals surface area contributed by atoms with Gasteiger partial charge in [-0.15, -0.1) is 0 Å². The fourth-order valence-electron chi connectivity index (χ4n) is 2.18. The second-order valence-corrected chi connectivity index (χ2v) is 4.15. The zero-order valence-electron chi connectivity index (χ0n) is 6.68. The average Bonchev–Trinajstić information content (AvgIpc) is 2.49. The topological polar surface area (TPSA) is 17.1 Å². The first-order valence-electron chi connectivity index (χ1n) is 4.15. The molecule has 1 nitrogen and oxygen atoms in total. The van der Waals surface area contributed by atoms with Crippen molar-refractivity contribution in [3.63, 3.8) is 0 Å². The predicted molar refractivity (Wildman–Crippen MR) is 39.6 cm³/mol. The summed E-state index contributed by atoms with van der Waals surface area (Å²) in [7, 11) is 0.